The molecule has 1 atom stereocenters. The molecule has 1 aliphatic rings. The van der Waals surface area contributed by atoms with Gasteiger partial charge >= 0.3 is 0 Å². The molecule has 0 heterocycles. The van der Waals surface area contributed by atoms with E-state index in [1.54, 1.807) is 35.2 Å². The van der Waals surface area contributed by atoms with Crippen LogP contribution in [0.5, 0.6) is 0 Å². The Kier molecular flexibility index (Phi) is 10.7. The number of carbonyl (C=O) groups is 2. The Bertz CT molecular complexity index is 994. The predicted molar refractivity (Wildman–Crippen MR) is 144 cm³/mol. The standard InChI is InChI=1S/C25H28Cl4N2O2S/c1-2-23(25(33)30-18-6-3-4-7-18)31(13-19-20(27)8-5-9-21(19)28)24(32)15-34-14-16-10-11-17(26)12-22(16)29/h5,8-12,18,23H,2-4,6-7,13-15H2,1H3,(H,30,33)/t23-/m0/s1. The van der Waals surface area contributed by atoms with E-state index in [9.17, 15) is 9.59 Å². The van der Waals surface area contributed by atoms with Gasteiger partial charge in [-0.15, -0.1) is 11.8 Å². The number of amides is 2. The van der Waals surface area contributed by atoms with Crippen molar-refractivity contribution < 1.29 is 9.59 Å². The minimum Gasteiger partial charge on any atom is -0.352 e. The van der Waals surface area contributed by atoms with Crippen LogP contribution < -0.4 is 5.32 Å². The average Bonchev–Trinajstić information content (AvgIpc) is 3.30. The Labute approximate surface area is 225 Å². The fourth-order valence-corrected chi connectivity index (χ4v) is 6.10. The van der Waals surface area contributed by atoms with E-state index in [4.69, 9.17) is 46.4 Å². The molecule has 1 fully saturated rings. The van der Waals surface area contributed by atoms with Gasteiger partial charge in [0.05, 0.1) is 5.75 Å². The first-order valence-corrected chi connectivity index (χ1v) is 14.0. The monoisotopic (exact) mass is 560 g/mol. The quantitative estimate of drug-likeness (QED) is 0.329. The summed E-state index contributed by atoms with van der Waals surface area (Å²) in [5.41, 5.74) is 1.53. The second-order valence-electron chi connectivity index (χ2n) is 8.36. The molecule has 0 spiro atoms. The van der Waals surface area contributed by atoms with E-state index < -0.39 is 6.04 Å². The van der Waals surface area contributed by atoms with Gasteiger partial charge in [-0.2, -0.15) is 0 Å². The van der Waals surface area contributed by atoms with Crippen molar-refractivity contribution in [1.29, 1.82) is 0 Å². The van der Waals surface area contributed by atoms with E-state index in [1.807, 2.05) is 13.0 Å². The van der Waals surface area contributed by atoms with E-state index in [0.29, 0.717) is 37.8 Å². The molecule has 0 aliphatic heterocycles. The van der Waals surface area contributed by atoms with Crippen LogP contribution in [0.2, 0.25) is 20.1 Å². The Morgan fingerprint density at radius 1 is 1.06 bits per heavy atom. The molecule has 0 aromatic heterocycles. The van der Waals surface area contributed by atoms with Crippen molar-refractivity contribution in [3.05, 3.63) is 67.6 Å². The minimum atomic E-state index is -0.611. The van der Waals surface area contributed by atoms with Crippen molar-refractivity contribution in [3.63, 3.8) is 0 Å². The first kappa shape index (κ1) is 27.5. The van der Waals surface area contributed by atoms with Gasteiger partial charge in [0.2, 0.25) is 11.8 Å². The number of thioether (sulfide) groups is 1. The summed E-state index contributed by atoms with van der Waals surface area (Å²) in [6, 6.07) is 10.1. The molecule has 3 rings (SSSR count). The summed E-state index contributed by atoms with van der Waals surface area (Å²) in [5.74, 6) is 0.456. The minimum absolute atomic E-state index is 0.128. The molecule has 2 amide bonds. The van der Waals surface area contributed by atoms with E-state index >= 15 is 0 Å². The lowest BCUT2D eigenvalue weighted by Crippen LogP contribution is -2.51. The van der Waals surface area contributed by atoms with Crippen LogP contribution in [0.4, 0.5) is 0 Å². The highest BCUT2D eigenvalue weighted by Crippen LogP contribution is 2.29. The van der Waals surface area contributed by atoms with Crippen LogP contribution in [-0.4, -0.2) is 34.6 Å². The van der Waals surface area contributed by atoms with Gasteiger partial charge in [-0.3, -0.25) is 9.59 Å². The number of halogens is 4. The molecule has 0 bridgehead atoms. The first-order valence-electron chi connectivity index (χ1n) is 11.3. The fourth-order valence-electron chi connectivity index (χ4n) is 4.11. The van der Waals surface area contributed by atoms with Crippen LogP contribution in [0.15, 0.2) is 36.4 Å². The van der Waals surface area contributed by atoms with Crippen molar-refractivity contribution in [2.45, 2.75) is 63.4 Å². The molecule has 9 heteroatoms. The number of hydrogen-bond acceptors (Lipinski definition) is 3. The summed E-state index contributed by atoms with van der Waals surface area (Å²) >= 11 is 26.5. The van der Waals surface area contributed by atoms with E-state index in [-0.39, 0.29) is 30.2 Å². The van der Waals surface area contributed by atoms with Gasteiger partial charge < -0.3 is 10.2 Å². The molecule has 34 heavy (non-hydrogen) atoms. The van der Waals surface area contributed by atoms with Crippen LogP contribution in [0.1, 0.15) is 50.2 Å². The van der Waals surface area contributed by atoms with Crippen molar-refractivity contribution in [3.8, 4) is 0 Å². The van der Waals surface area contributed by atoms with Gasteiger partial charge in [0, 0.05) is 44.0 Å². The average molecular weight is 562 g/mol. The second kappa shape index (κ2) is 13.3. The number of hydrogen-bond donors (Lipinski definition) is 1. The summed E-state index contributed by atoms with van der Waals surface area (Å²) in [5, 5.41) is 5.21. The first-order chi connectivity index (χ1) is 16.3. The third-order valence-corrected chi connectivity index (χ3v) is 8.24. The van der Waals surface area contributed by atoms with Crippen LogP contribution in [0.3, 0.4) is 0 Å². The molecule has 1 N–H and O–H groups in total. The summed E-state index contributed by atoms with van der Waals surface area (Å²) in [6.07, 6.45) is 4.67. The molecule has 2 aromatic carbocycles. The Morgan fingerprint density at radius 2 is 1.74 bits per heavy atom. The predicted octanol–water partition coefficient (Wildman–Crippen LogP) is 7.40. The third kappa shape index (κ3) is 7.44. The molecule has 2 aromatic rings. The molecule has 4 nitrogen and oxygen atoms in total. The fraction of sp³-hybridized carbons (Fsp3) is 0.440. The maximum Gasteiger partial charge on any atom is 0.243 e. The van der Waals surface area contributed by atoms with Gasteiger partial charge in [0.1, 0.15) is 6.04 Å². The molecule has 0 radical (unpaired) electrons. The Hall–Kier alpha value is -1.11. The highest BCUT2D eigenvalue weighted by Gasteiger charge is 2.31. The maximum atomic E-state index is 13.4. The Morgan fingerprint density at radius 3 is 2.35 bits per heavy atom. The number of nitrogens with one attached hydrogen (secondary N) is 1. The zero-order chi connectivity index (χ0) is 24.7. The van der Waals surface area contributed by atoms with Crippen molar-refractivity contribution >= 4 is 70.0 Å². The summed E-state index contributed by atoms with van der Waals surface area (Å²) in [6.45, 7) is 2.07. The van der Waals surface area contributed by atoms with Crippen molar-refractivity contribution in [2.24, 2.45) is 0 Å². The van der Waals surface area contributed by atoms with E-state index in [2.05, 4.69) is 5.32 Å². The van der Waals surface area contributed by atoms with Gasteiger partial charge in [0.15, 0.2) is 0 Å². The van der Waals surface area contributed by atoms with Gasteiger partial charge in [-0.1, -0.05) is 78.3 Å². The molecule has 0 saturated heterocycles. The van der Waals surface area contributed by atoms with Crippen molar-refractivity contribution in [1.82, 2.24) is 10.2 Å². The lowest BCUT2D eigenvalue weighted by Gasteiger charge is -2.32. The molecule has 184 valence electrons. The van der Waals surface area contributed by atoms with Gasteiger partial charge in [-0.05, 0) is 49.1 Å². The second-order valence-corrected chi connectivity index (χ2v) is 11.0. The highest BCUT2D eigenvalue weighted by atomic mass is 35.5. The molecule has 0 unspecified atom stereocenters. The van der Waals surface area contributed by atoms with Crippen molar-refractivity contribution in [2.75, 3.05) is 5.75 Å². The van der Waals surface area contributed by atoms with Gasteiger partial charge in [0.25, 0.3) is 0 Å². The lowest BCUT2D eigenvalue weighted by molar-refractivity contribution is -0.139. The number of rotatable bonds is 10. The van der Waals surface area contributed by atoms with Crippen LogP contribution in [-0.2, 0) is 21.9 Å². The molecule has 1 aliphatic carbocycles. The summed E-state index contributed by atoms with van der Waals surface area (Å²) in [4.78, 5) is 28.2. The molecular weight excluding hydrogens is 534 g/mol. The van der Waals surface area contributed by atoms with Gasteiger partial charge in [-0.25, -0.2) is 0 Å². The zero-order valence-electron chi connectivity index (χ0n) is 19.0. The summed E-state index contributed by atoms with van der Waals surface area (Å²) in [7, 11) is 0. The smallest absolute Gasteiger partial charge is 0.243 e. The molecule has 1 saturated carbocycles. The largest absolute Gasteiger partial charge is 0.352 e. The lowest BCUT2D eigenvalue weighted by atomic mass is 10.1. The number of benzene rings is 2. The number of carbonyl (C=O) groups excluding carboxylic acids is 2. The third-order valence-electron chi connectivity index (χ3n) is 5.98. The zero-order valence-corrected chi connectivity index (χ0v) is 22.8. The number of nitrogens with zero attached hydrogens (tertiary/aromatic N) is 1. The van der Waals surface area contributed by atoms with Crippen LogP contribution >= 0.6 is 58.2 Å². The maximum absolute atomic E-state index is 13.4. The van der Waals surface area contributed by atoms with E-state index in [0.717, 1.165) is 31.2 Å². The van der Waals surface area contributed by atoms with E-state index in [1.165, 1.54) is 11.8 Å². The summed E-state index contributed by atoms with van der Waals surface area (Å²) < 4.78 is 0. The normalized spacial score (nSPS) is 14.7. The van der Waals surface area contributed by atoms with Crippen LogP contribution in [0.25, 0.3) is 0 Å². The topological polar surface area (TPSA) is 49.4 Å². The van der Waals surface area contributed by atoms with Crippen LogP contribution in [0, 0.1) is 0 Å². The molecular formula is C25H28Cl4N2O2S. The SMILES string of the molecule is CC[C@@H](C(=O)NC1CCCC1)N(Cc1c(Cl)cccc1Cl)C(=O)CSCc1ccc(Cl)cc1Cl. The highest BCUT2D eigenvalue weighted by molar-refractivity contribution is 7.99. The Balaban J connectivity index is 1.76.